The van der Waals surface area contributed by atoms with Crippen LogP contribution in [0.2, 0.25) is 0 Å². The third-order valence-electron chi connectivity index (χ3n) is 3.27. The maximum absolute atomic E-state index is 3.93. The maximum atomic E-state index is 3.93. The van der Waals surface area contributed by atoms with Gasteiger partial charge in [-0.25, -0.2) is 0 Å². The molecule has 0 aliphatic carbocycles. The number of hydrogen-bond acceptors (Lipinski definition) is 0. The SMILES string of the molecule is CCCCCCCCCCCCP(C)(C)(C)Br. The van der Waals surface area contributed by atoms with Gasteiger partial charge in [0, 0.05) is 0 Å². The van der Waals surface area contributed by atoms with Crippen LogP contribution in [0.1, 0.15) is 71.1 Å². The summed E-state index contributed by atoms with van der Waals surface area (Å²) < 4.78 is 0. The molecular weight excluding hydrogens is 291 g/mol. The van der Waals surface area contributed by atoms with Gasteiger partial charge in [0.2, 0.25) is 0 Å². The van der Waals surface area contributed by atoms with Crippen molar-refractivity contribution in [1.82, 2.24) is 0 Å². The van der Waals surface area contributed by atoms with Crippen molar-refractivity contribution in [3.63, 3.8) is 0 Å². The molecule has 0 saturated carbocycles. The van der Waals surface area contributed by atoms with E-state index in [-0.39, 0.29) is 0 Å². The Balaban J connectivity index is 3.15. The van der Waals surface area contributed by atoms with Gasteiger partial charge in [-0.15, -0.1) is 0 Å². The van der Waals surface area contributed by atoms with Crippen molar-refractivity contribution in [2.24, 2.45) is 0 Å². The third-order valence-corrected chi connectivity index (χ3v) is 6.16. The van der Waals surface area contributed by atoms with Gasteiger partial charge in [-0.3, -0.25) is 0 Å². The molecule has 0 heterocycles. The van der Waals surface area contributed by atoms with Crippen LogP contribution in [-0.2, 0) is 0 Å². The van der Waals surface area contributed by atoms with Gasteiger partial charge >= 0.3 is 118 Å². The first kappa shape index (κ1) is 17.9. The molecule has 0 fully saturated rings. The number of rotatable bonds is 11. The summed E-state index contributed by atoms with van der Waals surface area (Å²) >= 11 is 3.93. The summed E-state index contributed by atoms with van der Waals surface area (Å²) in [7, 11) is 0. The number of unbranched alkanes of at least 4 members (excludes halogenated alkanes) is 9. The summed E-state index contributed by atoms with van der Waals surface area (Å²) in [5, 5.41) is -1.39. The first-order valence-corrected chi connectivity index (χ1v) is 13.3. The molecule has 0 aromatic carbocycles. The van der Waals surface area contributed by atoms with Gasteiger partial charge < -0.3 is 0 Å². The van der Waals surface area contributed by atoms with Gasteiger partial charge in [0.25, 0.3) is 0 Å². The molecule has 0 saturated heterocycles. The molecular formula is C15H34BrP. The molecule has 0 rings (SSSR count). The van der Waals surface area contributed by atoms with Gasteiger partial charge in [0.1, 0.15) is 0 Å². The first-order chi connectivity index (χ1) is 7.81. The van der Waals surface area contributed by atoms with Crippen LogP contribution in [-0.4, -0.2) is 26.2 Å². The van der Waals surface area contributed by atoms with Crippen molar-refractivity contribution in [2.75, 3.05) is 26.2 Å². The fourth-order valence-electron chi connectivity index (χ4n) is 2.13. The van der Waals surface area contributed by atoms with Crippen molar-refractivity contribution >= 4 is 20.8 Å². The molecule has 0 radical (unpaired) electrons. The molecule has 0 aliphatic rings. The van der Waals surface area contributed by atoms with E-state index < -0.39 is 5.31 Å². The summed E-state index contributed by atoms with van der Waals surface area (Å²) in [6.07, 6.45) is 15.8. The van der Waals surface area contributed by atoms with Crippen LogP contribution in [0.3, 0.4) is 0 Å². The fourth-order valence-corrected chi connectivity index (χ4v) is 4.18. The number of halogens is 1. The van der Waals surface area contributed by atoms with Crippen LogP contribution < -0.4 is 0 Å². The Kier molecular flexibility index (Phi) is 9.39. The molecule has 0 aromatic heterocycles. The van der Waals surface area contributed by atoms with Crippen molar-refractivity contribution in [1.29, 1.82) is 0 Å². The molecule has 17 heavy (non-hydrogen) atoms. The molecule has 0 spiro atoms. The summed E-state index contributed by atoms with van der Waals surface area (Å²) in [5.41, 5.74) is 0. The van der Waals surface area contributed by atoms with E-state index in [2.05, 4.69) is 42.4 Å². The quantitative estimate of drug-likeness (QED) is 0.294. The Morgan fingerprint density at radius 2 is 1.00 bits per heavy atom. The van der Waals surface area contributed by atoms with Crippen LogP contribution in [0.15, 0.2) is 0 Å². The van der Waals surface area contributed by atoms with Crippen molar-refractivity contribution in [3.8, 4) is 0 Å². The molecule has 0 atom stereocenters. The molecule has 0 N–H and O–H groups in total. The number of hydrogen-bond donors (Lipinski definition) is 0. The van der Waals surface area contributed by atoms with Crippen LogP contribution in [0.25, 0.3) is 0 Å². The van der Waals surface area contributed by atoms with E-state index in [0.717, 1.165) is 0 Å². The summed E-state index contributed by atoms with van der Waals surface area (Å²) in [6.45, 7) is 9.53. The van der Waals surface area contributed by atoms with Crippen LogP contribution in [0.5, 0.6) is 0 Å². The second kappa shape index (κ2) is 8.92. The normalized spacial score (nSPS) is 14.5. The average molecular weight is 325 g/mol. The zero-order chi connectivity index (χ0) is 13.2. The minimum atomic E-state index is -1.39. The zero-order valence-electron chi connectivity index (χ0n) is 12.6. The first-order valence-electron chi connectivity index (χ1n) is 7.53. The summed E-state index contributed by atoms with van der Waals surface area (Å²) in [6, 6.07) is 0. The molecule has 0 nitrogen and oxygen atoms in total. The van der Waals surface area contributed by atoms with E-state index >= 15 is 0 Å². The summed E-state index contributed by atoms with van der Waals surface area (Å²) in [5.74, 6) is 0. The molecule has 0 unspecified atom stereocenters. The second-order valence-corrected chi connectivity index (χ2v) is 21.0. The topological polar surface area (TPSA) is 0 Å². The molecule has 0 aliphatic heterocycles. The van der Waals surface area contributed by atoms with E-state index in [0.29, 0.717) is 0 Å². The Hall–Kier alpha value is 0.910. The Labute approximate surface area is 118 Å². The van der Waals surface area contributed by atoms with Crippen molar-refractivity contribution in [3.05, 3.63) is 0 Å². The molecule has 0 bridgehead atoms. The summed E-state index contributed by atoms with van der Waals surface area (Å²) in [4.78, 5) is 0. The van der Waals surface area contributed by atoms with Gasteiger partial charge in [-0.2, -0.15) is 0 Å². The standard InChI is InChI=1S/C15H34BrP/c1-5-6-7-8-9-10-11-12-13-14-15-17(2,3,4)16/h5-15H2,1-4H3. The van der Waals surface area contributed by atoms with Crippen LogP contribution in [0.4, 0.5) is 0 Å². The zero-order valence-corrected chi connectivity index (χ0v) is 15.1. The van der Waals surface area contributed by atoms with E-state index in [1.165, 1.54) is 70.4 Å². The molecule has 106 valence electrons. The van der Waals surface area contributed by atoms with Crippen LogP contribution in [0, 0.1) is 0 Å². The molecule has 0 aromatic rings. The van der Waals surface area contributed by atoms with Gasteiger partial charge in [-0.1, -0.05) is 0 Å². The van der Waals surface area contributed by atoms with Crippen molar-refractivity contribution < 1.29 is 0 Å². The van der Waals surface area contributed by atoms with Crippen molar-refractivity contribution in [2.45, 2.75) is 71.1 Å². The second-order valence-electron chi connectivity index (χ2n) is 6.82. The Bertz CT molecular complexity index is 172. The Morgan fingerprint density at radius 3 is 1.35 bits per heavy atom. The van der Waals surface area contributed by atoms with E-state index in [1.807, 2.05) is 0 Å². The van der Waals surface area contributed by atoms with E-state index in [4.69, 9.17) is 0 Å². The predicted octanol–water partition coefficient (Wildman–Crippen LogP) is 6.66. The van der Waals surface area contributed by atoms with E-state index in [1.54, 1.807) is 0 Å². The third kappa shape index (κ3) is 16.9. The predicted molar refractivity (Wildman–Crippen MR) is 90.3 cm³/mol. The van der Waals surface area contributed by atoms with Gasteiger partial charge in [0.05, 0.1) is 0 Å². The molecule has 0 amide bonds. The molecule has 2 heteroatoms. The van der Waals surface area contributed by atoms with E-state index in [9.17, 15) is 0 Å². The van der Waals surface area contributed by atoms with Gasteiger partial charge in [0.15, 0.2) is 0 Å². The van der Waals surface area contributed by atoms with Crippen LogP contribution >= 0.6 is 20.8 Å². The van der Waals surface area contributed by atoms with Gasteiger partial charge in [-0.05, 0) is 0 Å². The fraction of sp³-hybridized carbons (Fsp3) is 1.00. The Morgan fingerprint density at radius 1 is 0.647 bits per heavy atom. The monoisotopic (exact) mass is 324 g/mol. The minimum absolute atomic E-state index is 1.36. The average Bonchev–Trinajstić information content (AvgIpc) is 2.18.